The summed E-state index contributed by atoms with van der Waals surface area (Å²) in [5, 5.41) is 8.89. The highest BCUT2D eigenvalue weighted by molar-refractivity contribution is 8.04. The Labute approximate surface area is 106 Å². The molecule has 0 saturated carbocycles. The topological polar surface area (TPSA) is 49.8 Å². The predicted molar refractivity (Wildman–Crippen MR) is 67.7 cm³/mol. The van der Waals surface area contributed by atoms with E-state index < -0.39 is 0 Å². The Kier molecular flexibility index (Phi) is 4.48. The predicted octanol–water partition coefficient (Wildman–Crippen LogP) is 0.865. The summed E-state index contributed by atoms with van der Waals surface area (Å²) in [5.41, 5.74) is 0. The summed E-state index contributed by atoms with van der Waals surface area (Å²) in [5.74, 6) is 1.73. The molecule has 0 aliphatic carbocycles. The van der Waals surface area contributed by atoms with E-state index in [0.717, 1.165) is 37.4 Å². The third kappa shape index (κ3) is 2.84. The van der Waals surface area contributed by atoms with Gasteiger partial charge in [-0.25, -0.2) is 0 Å². The van der Waals surface area contributed by atoms with E-state index in [1.165, 1.54) is 0 Å². The molecule has 0 bridgehead atoms. The lowest BCUT2D eigenvalue weighted by atomic mass is 9.95. The Balaban J connectivity index is 1.96. The van der Waals surface area contributed by atoms with E-state index in [9.17, 15) is 4.79 Å². The van der Waals surface area contributed by atoms with Gasteiger partial charge in [-0.05, 0) is 31.8 Å². The van der Waals surface area contributed by atoms with Crippen LogP contribution in [0.1, 0.15) is 12.8 Å². The van der Waals surface area contributed by atoms with Gasteiger partial charge in [0, 0.05) is 11.4 Å². The molecule has 17 heavy (non-hydrogen) atoms. The molecule has 0 atom stereocenters. The number of aliphatic hydroxyl groups is 1. The number of piperidine rings is 1. The van der Waals surface area contributed by atoms with Gasteiger partial charge < -0.3 is 14.7 Å². The molecule has 0 aromatic rings. The maximum Gasteiger partial charge on any atom is 0.208 e. The lowest BCUT2D eigenvalue weighted by molar-refractivity contribution is -0.115. The second kappa shape index (κ2) is 5.89. The van der Waals surface area contributed by atoms with Crippen molar-refractivity contribution in [2.45, 2.75) is 12.8 Å². The molecule has 2 aliphatic heterocycles. The highest BCUT2D eigenvalue weighted by atomic mass is 32.2. The Bertz CT molecular complexity index is 322. The molecule has 2 aliphatic rings. The third-order valence-corrected chi connectivity index (χ3v) is 4.65. The first-order chi connectivity index (χ1) is 8.26. The summed E-state index contributed by atoms with van der Waals surface area (Å²) in [6.45, 7) is 2.99. The number of thioether (sulfide) groups is 1. The fourth-order valence-electron chi connectivity index (χ4n) is 2.49. The summed E-state index contributed by atoms with van der Waals surface area (Å²) in [4.78, 5) is 15.0. The first-order valence-corrected chi connectivity index (χ1v) is 7.02. The van der Waals surface area contributed by atoms with Crippen molar-refractivity contribution in [3.8, 4) is 0 Å². The van der Waals surface area contributed by atoms with Crippen LogP contribution in [0.4, 0.5) is 0 Å². The number of aliphatic hydroxyl groups excluding tert-OH is 1. The zero-order chi connectivity index (χ0) is 12.3. The number of likely N-dealkylation sites (tertiary alicyclic amines) is 1. The molecule has 0 aromatic heterocycles. The quantitative estimate of drug-likeness (QED) is 0.809. The molecule has 4 nitrogen and oxygen atoms in total. The van der Waals surface area contributed by atoms with E-state index in [0.29, 0.717) is 17.4 Å². The molecule has 2 heterocycles. The van der Waals surface area contributed by atoms with E-state index >= 15 is 0 Å². The second-order valence-electron chi connectivity index (χ2n) is 4.45. The van der Waals surface area contributed by atoms with Gasteiger partial charge in [-0.2, -0.15) is 0 Å². The average Bonchev–Trinajstić information content (AvgIpc) is 2.72. The number of carbonyl (C=O) groups excluding carboxylic acids is 1. The van der Waals surface area contributed by atoms with Gasteiger partial charge >= 0.3 is 0 Å². The minimum atomic E-state index is 0.130. The van der Waals surface area contributed by atoms with E-state index in [4.69, 9.17) is 9.84 Å². The van der Waals surface area contributed by atoms with Crippen LogP contribution in [0.3, 0.4) is 0 Å². The summed E-state index contributed by atoms with van der Waals surface area (Å²) in [6, 6.07) is 0. The van der Waals surface area contributed by atoms with Gasteiger partial charge in [0.2, 0.25) is 5.78 Å². The maximum atomic E-state index is 11.6. The molecule has 5 heteroatoms. The van der Waals surface area contributed by atoms with Crippen LogP contribution >= 0.6 is 11.8 Å². The van der Waals surface area contributed by atoms with Crippen LogP contribution in [0.15, 0.2) is 10.7 Å². The monoisotopic (exact) mass is 257 g/mol. The van der Waals surface area contributed by atoms with E-state index in [2.05, 4.69) is 4.90 Å². The van der Waals surface area contributed by atoms with Crippen molar-refractivity contribution >= 4 is 17.5 Å². The highest BCUT2D eigenvalue weighted by Gasteiger charge is 2.32. The third-order valence-electron chi connectivity index (χ3n) is 3.41. The van der Waals surface area contributed by atoms with Gasteiger partial charge in [-0.15, -0.1) is 11.8 Å². The van der Waals surface area contributed by atoms with E-state index in [-0.39, 0.29) is 12.4 Å². The van der Waals surface area contributed by atoms with Gasteiger partial charge in [0.25, 0.3) is 0 Å². The molecule has 96 valence electrons. The summed E-state index contributed by atoms with van der Waals surface area (Å²) < 4.78 is 5.22. The zero-order valence-electron chi connectivity index (χ0n) is 10.1. The smallest absolute Gasteiger partial charge is 0.208 e. The number of ketones is 1. The number of ether oxygens (including phenoxy) is 1. The van der Waals surface area contributed by atoms with Crippen LogP contribution in [0.5, 0.6) is 0 Å². The standard InChI is InChI=1S/C12H19NO3S/c1-16-11-10(15)8-17-12(11)9-2-4-13(5-3-9)6-7-14/h9,14H,2-8H2,1H3. The van der Waals surface area contributed by atoms with E-state index in [1.807, 2.05) is 0 Å². The van der Waals surface area contributed by atoms with E-state index in [1.54, 1.807) is 18.9 Å². The molecule has 1 saturated heterocycles. The Morgan fingerprint density at radius 2 is 2.18 bits per heavy atom. The first-order valence-electron chi connectivity index (χ1n) is 6.03. The molecule has 0 aromatic carbocycles. The number of hydrogen-bond acceptors (Lipinski definition) is 5. The minimum Gasteiger partial charge on any atom is -0.492 e. The van der Waals surface area contributed by atoms with Gasteiger partial charge in [-0.3, -0.25) is 4.79 Å². The van der Waals surface area contributed by atoms with Crippen molar-refractivity contribution in [2.24, 2.45) is 5.92 Å². The van der Waals surface area contributed by atoms with Crippen LogP contribution in [0, 0.1) is 5.92 Å². The largest absolute Gasteiger partial charge is 0.492 e. The van der Waals surface area contributed by atoms with Gasteiger partial charge in [-0.1, -0.05) is 0 Å². The van der Waals surface area contributed by atoms with Gasteiger partial charge in [0.05, 0.1) is 19.5 Å². The molecule has 0 spiro atoms. The Morgan fingerprint density at radius 1 is 1.47 bits per heavy atom. The minimum absolute atomic E-state index is 0.130. The molecular weight excluding hydrogens is 238 g/mol. The fraction of sp³-hybridized carbons (Fsp3) is 0.750. The molecule has 1 N–H and O–H groups in total. The zero-order valence-corrected chi connectivity index (χ0v) is 11.0. The number of Topliss-reactive ketones (excluding diaryl/α,β-unsaturated/α-hetero) is 1. The maximum absolute atomic E-state index is 11.6. The van der Waals surface area contributed by atoms with Crippen LogP contribution < -0.4 is 0 Å². The van der Waals surface area contributed by atoms with Gasteiger partial charge in [0.1, 0.15) is 0 Å². The van der Waals surface area contributed by atoms with Crippen molar-refractivity contribution in [3.05, 3.63) is 10.7 Å². The molecule has 1 fully saturated rings. The van der Waals surface area contributed by atoms with Crippen molar-refractivity contribution in [2.75, 3.05) is 39.1 Å². The lowest BCUT2D eigenvalue weighted by Crippen LogP contribution is -2.35. The molecular formula is C12H19NO3S. The van der Waals surface area contributed by atoms with Crippen molar-refractivity contribution in [1.82, 2.24) is 4.90 Å². The molecule has 0 unspecified atom stereocenters. The Morgan fingerprint density at radius 3 is 2.76 bits per heavy atom. The lowest BCUT2D eigenvalue weighted by Gasteiger charge is -2.31. The number of allylic oxidation sites excluding steroid dienone is 2. The normalized spacial score (nSPS) is 23.5. The van der Waals surface area contributed by atoms with Crippen LogP contribution in [0.2, 0.25) is 0 Å². The number of carbonyl (C=O) groups is 1. The number of nitrogens with zero attached hydrogens (tertiary/aromatic N) is 1. The van der Waals surface area contributed by atoms with Gasteiger partial charge in [0.15, 0.2) is 5.76 Å². The van der Waals surface area contributed by atoms with Crippen LogP contribution in [-0.4, -0.2) is 54.9 Å². The van der Waals surface area contributed by atoms with Crippen molar-refractivity contribution in [1.29, 1.82) is 0 Å². The highest BCUT2D eigenvalue weighted by Crippen LogP contribution is 2.39. The SMILES string of the molecule is COC1=C(C2CCN(CCO)CC2)SCC1=O. The molecule has 0 radical (unpaired) electrons. The van der Waals surface area contributed by atoms with Crippen LogP contribution in [0.25, 0.3) is 0 Å². The van der Waals surface area contributed by atoms with Crippen molar-refractivity contribution in [3.63, 3.8) is 0 Å². The fourth-order valence-corrected chi connectivity index (χ4v) is 3.71. The second-order valence-corrected chi connectivity index (χ2v) is 5.47. The average molecular weight is 257 g/mol. The summed E-state index contributed by atoms with van der Waals surface area (Å²) in [6.07, 6.45) is 2.12. The number of hydrogen-bond donors (Lipinski definition) is 1. The van der Waals surface area contributed by atoms with Crippen LogP contribution in [-0.2, 0) is 9.53 Å². The Hall–Kier alpha value is -0.520. The number of β-amino-alcohol motifs (C(OH)–C–C–N with tert-alkyl or cyclic N) is 1. The summed E-state index contributed by atoms with van der Waals surface area (Å²) >= 11 is 1.64. The number of rotatable bonds is 4. The summed E-state index contributed by atoms with van der Waals surface area (Å²) in [7, 11) is 1.58. The van der Waals surface area contributed by atoms with Crippen molar-refractivity contribution < 1.29 is 14.6 Å². The number of methoxy groups -OCH3 is 1. The first kappa shape index (κ1) is 12.9. The molecule has 0 amide bonds. The molecule has 2 rings (SSSR count).